The first-order valence-corrected chi connectivity index (χ1v) is 6.44. The Morgan fingerprint density at radius 3 is 2.67 bits per heavy atom. The summed E-state index contributed by atoms with van der Waals surface area (Å²) in [5.74, 6) is 1.21. The van der Waals surface area contributed by atoms with Gasteiger partial charge in [-0.05, 0) is 25.0 Å². The van der Waals surface area contributed by atoms with Gasteiger partial charge in [-0.15, -0.1) is 0 Å². The molecule has 0 fully saturated rings. The normalized spacial score (nSPS) is 10.2. The zero-order chi connectivity index (χ0) is 15.2. The summed E-state index contributed by atoms with van der Waals surface area (Å²) in [7, 11) is 1.64. The van der Waals surface area contributed by atoms with Crippen LogP contribution in [0.25, 0.3) is 0 Å². The van der Waals surface area contributed by atoms with Crippen molar-refractivity contribution in [3.8, 4) is 5.75 Å². The minimum absolute atomic E-state index is 0.124. The molecule has 1 heterocycles. The predicted octanol–water partition coefficient (Wildman–Crippen LogP) is 2.36. The molecule has 7 nitrogen and oxygen atoms in total. The minimum Gasteiger partial charge on any atom is -0.496 e. The number of benzene rings is 1. The molecule has 0 radical (unpaired) electrons. The predicted molar refractivity (Wildman–Crippen MR) is 78.6 cm³/mol. The highest BCUT2D eigenvalue weighted by Gasteiger charge is 2.07. The lowest BCUT2D eigenvalue weighted by Crippen LogP contribution is -2.09. The molecular weight excluding hydrogens is 272 g/mol. The molecule has 0 aliphatic heterocycles. The Balaban J connectivity index is 1.95. The van der Waals surface area contributed by atoms with Crippen molar-refractivity contribution in [2.45, 2.75) is 13.3 Å². The number of nitrogens with zero attached hydrogens (tertiary/aromatic N) is 3. The van der Waals surface area contributed by atoms with Gasteiger partial charge in [0.1, 0.15) is 18.1 Å². The third-order valence-electron chi connectivity index (χ3n) is 2.96. The molecule has 0 aliphatic carbocycles. The van der Waals surface area contributed by atoms with Crippen molar-refractivity contribution in [3.63, 3.8) is 0 Å². The second kappa shape index (κ2) is 6.65. The topological polar surface area (TPSA) is 90.2 Å². The Morgan fingerprint density at radius 1 is 1.33 bits per heavy atom. The summed E-state index contributed by atoms with van der Waals surface area (Å²) in [6.07, 6.45) is 3.11. The number of nitrogens with one attached hydrogen (secondary N) is 1. The van der Waals surface area contributed by atoms with Crippen LogP contribution < -0.4 is 10.1 Å². The molecule has 0 atom stereocenters. The average molecular weight is 288 g/mol. The summed E-state index contributed by atoms with van der Waals surface area (Å²) in [6, 6.07) is 6.00. The largest absolute Gasteiger partial charge is 0.496 e. The van der Waals surface area contributed by atoms with Gasteiger partial charge >= 0.3 is 5.69 Å². The van der Waals surface area contributed by atoms with Crippen molar-refractivity contribution in [3.05, 3.63) is 51.8 Å². The Kier molecular flexibility index (Phi) is 4.65. The van der Waals surface area contributed by atoms with E-state index in [-0.39, 0.29) is 5.69 Å². The lowest BCUT2D eigenvalue weighted by molar-refractivity contribution is -0.385. The number of nitro groups is 1. The molecule has 0 spiro atoms. The highest BCUT2D eigenvalue weighted by atomic mass is 16.6. The Hall–Kier alpha value is -2.70. The number of rotatable bonds is 6. The number of ether oxygens (including phenoxy) is 1. The number of methoxy groups -OCH3 is 1. The molecule has 0 saturated carbocycles. The minimum atomic E-state index is -0.526. The molecule has 0 unspecified atom stereocenters. The monoisotopic (exact) mass is 288 g/mol. The molecule has 1 aromatic heterocycles. The summed E-state index contributed by atoms with van der Waals surface area (Å²) in [6.45, 7) is 2.63. The van der Waals surface area contributed by atoms with E-state index in [0.29, 0.717) is 12.5 Å². The highest BCUT2D eigenvalue weighted by Crippen LogP contribution is 2.20. The van der Waals surface area contributed by atoms with Crippen LogP contribution in [0.15, 0.2) is 30.6 Å². The van der Waals surface area contributed by atoms with Crippen LogP contribution in [0, 0.1) is 17.0 Å². The van der Waals surface area contributed by atoms with E-state index in [1.807, 2.05) is 19.1 Å². The first-order valence-electron chi connectivity index (χ1n) is 6.44. The fourth-order valence-electron chi connectivity index (χ4n) is 1.92. The van der Waals surface area contributed by atoms with Gasteiger partial charge in [-0.2, -0.15) is 0 Å². The Morgan fingerprint density at radius 2 is 2.05 bits per heavy atom. The number of anilines is 1. The molecule has 2 rings (SSSR count). The van der Waals surface area contributed by atoms with E-state index in [1.165, 1.54) is 12.4 Å². The van der Waals surface area contributed by atoms with E-state index in [9.17, 15) is 10.1 Å². The summed E-state index contributed by atoms with van der Waals surface area (Å²) < 4.78 is 5.31. The number of aromatic nitrogens is 2. The van der Waals surface area contributed by atoms with E-state index in [0.717, 1.165) is 23.3 Å². The van der Waals surface area contributed by atoms with Gasteiger partial charge in [-0.1, -0.05) is 17.7 Å². The van der Waals surface area contributed by atoms with Crippen LogP contribution in [-0.2, 0) is 6.42 Å². The van der Waals surface area contributed by atoms with Crippen LogP contribution >= 0.6 is 0 Å². The van der Waals surface area contributed by atoms with Crippen LogP contribution in [0.4, 0.5) is 11.6 Å². The third kappa shape index (κ3) is 3.88. The zero-order valence-electron chi connectivity index (χ0n) is 11.9. The van der Waals surface area contributed by atoms with E-state index in [2.05, 4.69) is 21.4 Å². The van der Waals surface area contributed by atoms with Gasteiger partial charge in [-0.3, -0.25) is 10.1 Å². The Bertz CT molecular complexity index is 629. The van der Waals surface area contributed by atoms with Gasteiger partial charge < -0.3 is 10.1 Å². The van der Waals surface area contributed by atoms with Gasteiger partial charge in [0.25, 0.3) is 0 Å². The van der Waals surface area contributed by atoms with Gasteiger partial charge in [0.15, 0.2) is 0 Å². The lowest BCUT2D eigenvalue weighted by Gasteiger charge is -2.10. The molecule has 1 aromatic carbocycles. The average Bonchev–Trinajstić information content (AvgIpc) is 2.48. The van der Waals surface area contributed by atoms with Crippen molar-refractivity contribution < 1.29 is 9.66 Å². The fourth-order valence-corrected chi connectivity index (χ4v) is 1.92. The molecule has 21 heavy (non-hydrogen) atoms. The first kappa shape index (κ1) is 14.7. The number of hydrogen-bond donors (Lipinski definition) is 1. The van der Waals surface area contributed by atoms with Crippen LogP contribution in [-0.4, -0.2) is 28.5 Å². The number of aryl methyl sites for hydroxylation is 1. The summed E-state index contributed by atoms with van der Waals surface area (Å²) in [5, 5.41) is 13.5. The molecule has 110 valence electrons. The summed E-state index contributed by atoms with van der Waals surface area (Å²) in [4.78, 5) is 17.8. The van der Waals surface area contributed by atoms with Crippen molar-refractivity contribution in [2.24, 2.45) is 0 Å². The van der Waals surface area contributed by atoms with Crippen LogP contribution in [0.3, 0.4) is 0 Å². The highest BCUT2D eigenvalue weighted by molar-refractivity contribution is 5.38. The van der Waals surface area contributed by atoms with Gasteiger partial charge in [-0.25, -0.2) is 9.97 Å². The van der Waals surface area contributed by atoms with Crippen molar-refractivity contribution in [1.82, 2.24) is 9.97 Å². The second-order valence-corrected chi connectivity index (χ2v) is 4.51. The van der Waals surface area contributed by atoms with Crippen molar-refractivity contribution in [1.29, 1.82) is 0 Å². The van der Waals surface area contributed by atoms with E-state index < -0.39 is 4.92 Å². The molecule has 1 N–H and O–H groups in total. The molecule has 0 aliphatic rings. The van der Waals surface area contributed by atoms with Gasteiger partial charge in [0.2, 0.25) is 5.95 Å². The smallest absolute Gasteiger partial charge is 0.305 e. The van der Waals surface area contributed by atoms with Crippen molar-refractivity contribution in [2.75, 3.05) is 19.0 Å². The molecule has 0 amide bonds. The summed E-state index contributed by atoms with van der Waals surface area (Å²) in [5.41, 5.74) is 2.13. The van der Waals surface area contributed by atoms with Crippen LogP contribution in [0.2, 0.25) is 0 Å². The molecule has 0 saturated heterocycles. The maximum atomic E-state index is 10.5. The molecule has 7 heteroatoms. The van der Waals surface area contributed by atoms with E-state index in [4.69, 9.17) is 4.74 Å². The van der Waals surface area contributed by atoms with E-state index >= 15 is 0 Å². The standard InChI is InChI=1S/C14H16N4O3/c1-10-3-4-13(21-2)11(7-10)5-6-15-14-16-8-12(9-17-14)18(19)20/h3-4,7-9H,5-6H2,1-2H3,(H,15,16,17). The second-order valence-electron chi connectivity index (χ2n) is 4.51. The van der Waals surface area contributed by atoms with Gasteiger partial charge in [0, 0.05) is 6.54 Å². The maximum Gasteiger partial charge on any atom is 0.305 e. The number of hydrogen-bond acceptors (Lipinski definition) is 6. The van der Waals surface area contributed by atoms with E-state index in [1.54, 1.807) is 7.11 Å². The lowest BCUT2D eigenvalue weighted by atomic mass is 10.1. The van der Waals surface area contributed by atoms with Crippen molar-refractivity contribution >= 4 is 11.6 Å². The van der Waals surface area contributed by atoms with Crippen LogP contribution in [0.5, 0.6) is 5.75 Å². The molecular formula is C14H16N4O3. The summed E-state index contributed by atoms with van der Waals surface area (Å²) >= 11 is 0. The Labute approximate surface area is 122 Å². The van der Waals surface area contributed by atoms with Gasteiger partial charge in [0.05, 0.1) is 12.0 Å². The third-order valence-corrected chi connectivity index (χ3v) is 2.96. The zero-order valence-corrected chi connectivity index (χ0v) is 11.9. The molecule has 0 bridgehead atoms. The quantitative estimate of drug-likeness (QED) is 0.648. The SMILES string of the molecule is COc1ccc(C)cc1CCNc1ncc([N+](=O)[O-])cn1. The molecule has 2 aromatic rings. The van der Waals surface area contributed by atoms with Crippen LogP contribution in [0.1, 0.15) is 11.1 Å². The fraction of sp³-hybridized carbons (Fsp3) is 0.286. The maximum absolute atomic E-state index is 10.5. The first-order chi connectivity index (χ1) is 10.1.